The molecule has 0 fully saturated rings. The van der Waals surface area contributed by atoms with Crippen molar-refractivity contribution in [1.29, 1.82) is 0 Å². The average molecular weight is 493 g/mol. The van der Waals surface area contributed by atoms with Gasteiger partial charge in [-0.05, 0) is 109 Å². The SMILES string of the molecule is CCC(O)CNC1=CCCC2=C1CCCC2.CCN(C/C=C/C#CC(C)(C)C)CC1=CCCC(C)=C1. The molecule has 1 atom stereocenters. The van der Waals surface area contributed by atoms with Crippen LogP contribution in [-0.2, 0) is 0 Å². The molecule has 0 heterocycles. The van der Waals surface area contributed by atoms with Crippen molar-refractivity contribution >= 4 is 0 Å². The third-order valence-corrected chi connectivity index (χ3v) is 6.94. The third-order valence-electron chi connectivity index (χ3n) is 6.94. The minimum atomic E-state index is -0.213. The molecule has 0 aromatic carbocycles. The molecule has 0 saturated heterocycles. The summed E-state index contributed by atoms with van der Waals surface area (Å²) in [7, 11) is 0. The van der Waals surface area contributed by atoms with Gasteiger partial charge in [0.25, 0.3) is 0 Å². The van der Waals surface area contributed by atoms with Gasteiger partial charge in [-0.3, -0.25) is 4.90 Å². The maximum atomic E-state index is 9.58. The van der Waals surface area contributed by atoms with E-state index in [0.717, 1.165) is 26.1 Å². The predicted molar refractivity (Wildman–Crippen MR) is 157 cm³/mol. The van der Waals surface area contributed by atoms with E-state index in [1.165, 1.54) is 68.2 Å². The van der Waals surface area contributed by atoms with Crippen molar-refractivity contribution in [2.75, 3.05) is 26.2 Å². The van der Waals surface area contributed by atoms with Crippen LogP contribution in [-0.4, -0.2) is 42.3 Å². The lowest BCUT2D eigenvalue weighted by Gasteiger charge is -2.27. The molecule has 0 radical (unpaired) electrons. The zero-order valence-corrected chi connectivity index (χ0v) is 24.1. The molecule has 36 heavy (non-hydrogen) atoms. The number of aliphatic hydroxyl groups is 1. The van der Waals surface area contributed by atoms with E-state index >= 15 is 0 Å². The largest absolute Gasteiger partial charge is 0.391 e. The Morgan fingerprint density at radius 1 is 1.08 bits per heavy atom. The molecular formula is C33H52N2O. The predicted octanol–water partition coefficient (Wildman–Crippen LogP) is 7.48. The molecule has 1 unspecified atom stereocenters. The van der Waals surface area contributed by atoms with E-state index in [2.05, 4.69) is 81.0 Å². The molecular weight excluding hydrogens is 440 g/mol. The van der Waals surface area contributed by atoms with Crippen molar-refractivity contribution in [3.63, 3.8) is 0 Å². The monoisotopic (exact) mass is 492 g/mol. The van der Waals surface area contributed by atoms with Crippen LogP contribution < -0.4 is 5.32 Å². The lowest BCUT2D eigenvalue weighted by molar-refractivity contribution is 0.171. The van der Waals surface area contributed by atoms with Crippen LogP contribution in [0.15, 0.2) is 58.4 Å². The first-order valence-corrected chi connectivity index (χ1v) is 14.3. The summed E-state index contributed by atoms with van der Waals surface area (Å²) in [5, 5.41) is 13.0. The smallest absolute Gasteiger partial charge is 0.0709 e. The van der Waals surface area contributed by atoms with Crippen LogP contribution in [0.2, 0.25) is 0 Å². The van der Waals surface area contributed by atoms with E-state index in [4.69, 9.17) is 0 Å². The standard InChI is InChI=1S/C19H29N.C14H23NO/c1-6-20(14-9-7-8-13-19(3,4)5)16-18-12-10-11-17(2)15-18;1-2-12(16)10-15-14-9-5-7-11-6-3-4-8-13(11)14/h7,9,12,15H,6,10-11,14,16H2,1-5H3;9,12,15-16H,2-8,10H2,1H3/b9-7+;. The summed E-state index contributed by atoms with van der Waals surface area (Å²) in [5.41, 5.74) is 7.59. The van der Waals surface area contributed by atoms with Gasteiger partial charge in [-0.1, -0.05) is 61.1 Å². The summed E-state index contributed by atoms with van der Waals surface area (Å²) in [6, 6.07) is 0. The van der Waals surface area contributed by atoms with Crippen LogP contribution in [0.25, 0.3) is 0 Å². The molecule has 0 aliphatic heterocycles. The molecule has 3 aliphatic rings. The number of allylic oxidation sites excluding steroid dienone is 6. The number of likely N-dealkylation sites (N-methyl/N-ethyl adjacent to an activating group) is 1. The fraction of sp³-hybridized carbons (Fsp3) is 0.636. The molecule has 3 heteroatoms. The Morgan fingerprint density at radius 2 is 1.83 bits per heavy atom. The highest BCUT2D eigenvalue weighted by Crippen LogP contribution is 2.34. The molecule has 0 spiro atoms. The van der Waals surface area contributed by atoms with E-state index in [1.54, 1.807) is 11.1 Å². The summed E-state index contributed by atoms with van der Waals surface area (Å²) in [5.74, 6) is 6.36. The Bertz CT molecular complexity index is 898. The van der Waals surface area contributed by atoms with Crippen LogP contribution in [0.4, 0.5) is 0 Å². The fourth-order valence-corrected chi connectivity index (χ4v) is 4.76. The van der Waals surface area contributed by atoms with Crippen LogP contribution in [0.1, 0.15) is 99.3 Å². The second-order valence-electron chi connectivity index (χ2n) is 11.4. The molecule has 0 amide bonds. The minimum Gasteiger partial charge on any atom is -0.391 e. The highest BCUT2D eigenvalue weighted by atomic mass is 16.3. The van der Waals surface area contributed by atoms with Crippen LogP contribution >= 0.6 is 0 Å². The number of hydrogen-bond donors (Lipinski definition) is 2. The topological polar surface area (TPSA) is 35.5 Å². The van der Waals surface area contributed by atoms with Gasteiger partial charge in [0.05, 0.1) is 6.10 Å². The van der Waals surface area contributed by atoms with E-state index < -0.39 is 0 Å². The molecule has 3 rings (SSSR count). The Kier molecular flexibility index (Phi) is 13.4. The molecule has 200 valence electrons. The van der Waals surface area contributed by atoms with Gasteiger partial charge in [-0.15, -0.1) is 0 Å². The molecule has 0 aromatic rings. The second-order valence-corrected chi connectivity index (χ2v) is 11.4. The first kappa shape index (κ1) is 30.2. The van der Waals surface area contributed by atoms with Gasteiger partial charge in [0, 0.05) is 30.7 Å². The number of rotatable bonds is 9. The van der Waals surface area contributed by atoms with Crippen molar-refractivity contribution in [3.05, 3.63) is 58.4 Å². The zero-order valence-electron chi connectivity index (χ0n) is 24.1. The van der Waals surface area contributed by atoms with E-state index in [1.807, 2.05) is 13.0 Å². The zero-order chi connectivity index (χ0) is 26.4. The quantitative estimate of drug-likeness (QED) is 0.328. The summed E-state index contributed by atoms with van der Waals surface area (Å²) in [4.78, 5) is 2.44. The van der Waals surface area contributed by atoms with Crippen molar-refractivity contribution in [3.8, 4) is 11.8 Å². The van der Waals surface area contributed by atoms with Gasteiger partial charge < -0.3 is 10.4 Å². The molecule has 0 saturated carbocycles. The summed E-state index contributed by atoms with van der Waals surface area (Å²) < 4.78 is 0. The first-order valence-electron chi connectivity index (χ1n) is 14.3. The maximum Gasteiger partial charge on any atom is 0.0709 e. The van der Waals surface area contributed by atoms with Crippen molar-refractivity contribution < 1.29 is 5.11 Å². The Hall–Kier alpha value is -2.02. The van der Waals surface area contributed by atoms with Gasteiger partial charge in [-0.2, -0.15) is 0 Å². The normalized spacial score (nSPS) is 18.8. The molecule has 0 bridgehead atoms. The fourth-order valence-electron chi connectivity index (χ4n) is 4.76. The lowest BCUT2D eigenvalue weighted by atomic mass is 9.84. The molecule has 2 N–H and O–H groups in total. The van der Waals surface area contributed by atoms with Crippen LogP contribution in [0.3, 0.4) is 0 Å². The van der Waals surface area contributed by atoms with Gasteiger partial charge in [0.1, 0.15) is 0 Å². The highest BCUT2D eigenvalue weighted by molar-refractivity contribution is 5.38. The van der Waals surface area contributed by atoms with E-state index in [0.29, 0.717) is 6.54 Å². The van der Waals surface area contributed by atoms with Crippen molar-refractivity contribution in [2.24, 2.45) is 5.41 Å². The summed E-state index contributed by atoms with van der Waals surface area (Å²) in [6.07, 6.45) is 21.9. The second kappa shape index (κ2) is 16.0. The molecule has 3 nitrogen and oxygen atoms in total. The Morgan fingerprint density at radius 3 is 2.53 bits per heavy atom. The third kappa shape index (κ3) is 11.8. The van der Waals surface area contributed by atoms with Gasteiger partial charge in [0.2, 0.25) is 0 Å². The Labute approximate surface area is 222 Å². The van der Waals surface area contributed by atoms with Gasteiger partial charge in [-0.25, -0.2) is 0 Å². The van der Waals surface area contributed by atoms with E-state index in [-0.39, 0.29) is 11.5 Å². The number of nitrogens with one attached hydrogen (secondary N) is 1. The number of hydrogen-bond acceptors (Lipinski definition) is 3. The first-order chi connectivity index (χ1) is 17.2. The van der Waals surface area contributed by atoms with Crippen molar-refractivity contribution in [1.82, 2.24) is 10.2 Å². The molecule has 3 aliphatic carbocycles. The number of aliphatic hydroxyl groups excluding tert-OH is 1. The maximum absolute atomic E-state index is 9.58. The van der Waals surface area contributed by atoms with Crippen molar-refractivity contribution in [2.45, 2.75) is 105 Å². The number of nitrogens with zero attached hydrogens (tertiary/aromatic N) is 1. The minimum absolute atomic E-state index is 0.0873. The van der Waals surface area contributed by atoms with Crippen LogP contribution in [0.5, 0.6) is 0 Å². The van der Waals surface area contributed by atoms with E-state index in [9.17, 15) is 5.11 Å². The Balaban J connectivity index is 0.000000259. The average Bonchev–Trinajstić information content (AvgIpc) is 2.86. The van der Waals surface area contributed by atoms with Crippen LogP contribution in [0, 0.1) is 17.3 Å². The van der Waals surface area contributed by atoms with Gasteiger partial charge in [0.15, 0.2) is 0 Å². The summed E-state index contributed by atoms with van der Waals surface area (Å²) >= 11 is 0. The van der Waals surface area contributed by atoms with Gasteiger partial charge >= 0.3 is 0 Å². The summed E-state index contributed by atoms with van der Waals surface area (Å²) in [6.45, 7) is 16.7. The molecule has 0 aromatic heterocycles. The highest BCUT2D eigenvalue weighted by Gasteiger charge is 2.19. The lowest BCUT2D eigenvalue weighted by Crippen LogP contribution is -2.28.